The fourth-order valence-electron chi connectivity index (χ4n) is 3.72. The van der Waals surface area contributed by atoms with Crippen LogP contribution in [0.4, 0.5) is 5.69 Å². The molecule has 2 aromatic carbocycles. The summed E-state index contributed by atoms with van der Waals surface area (Å²) >= 11 is 0. The molecule has 4 N–H and O–H groups in total. The van der Waals surface area contributed by atoms with E-state index in [9.17, 15) is 9.59 Å². The normalized spacial score (nSPS) is 11.9. The number of amides is 2. The van der Waals surface area contributed by atoms with Crippen LogP contribution in [0, 0.1) is 4.78 Å². The number of pyridine rings is 1. The van der Waals surface area contributed by atoms with E-state index in [4.69, 9.17) is 10.5 Å². The molecule has 8 heteroatoms. The first-order chi connectivity index (χ1) is 15.4. The van der Waals surface area contributed by atoms with Crippen LogP contribution in [0.2, 0.25) is 0 Å². The van der Waals surface area contributed by atoms with Gasteiger partial charge in [0.15, 0.2) is 5.69 Å². The van der Waals surface area contributed by atoms with Gasteiger partial charge >= 0.3 is 0 Å². The SMILES string of the molecule is CCn1c(-c2ccc(S(C)=N)cc2)cc2ccnc(C(=O)Nc3cccc(C(N)=O)c3)c21. The number of fused-ring (bicyclic) bond motifs is 1. The summed E-state index contributed by atoms with van der Waals surface area (Å²) in [5.74, 6) is -0.923. The molecule has 1 atom stereocenters. The van der Waals surface area contributed by atoms with Crippen LogP contribution >= 0.6 is 0 Å². The molecule has 2 heterocycles. The highest BCUT2D eigenvalue weighted by Crippen LogP contribution is 2.30. The maximum absolute atomic E-state index is 13.1. The van der Waals surface area contributed by atoms with Gasteiger partial charge in [-0.1, -0.05) is 28.9 Å². The molecule has 1 unspecified atom stereocenters. The summed E-state index contributed by atoms with van der Waals surface area (Å²) in [6, 6.07) is 18.4. The van der Waals surface area contributed by atoms with Crippen molar-refractivity contribution in [2.45, 2.75) is 18.4 Å². The summed E-state index contributed by atoms with van der Waals surface area (Å²) in [6.07, 6.45) is 3.49. The van der Waals surface area contributed by atoms with Crippen LogP contribution in [0.3, 0.4) is 0 Å². The molecule has 0 bridgehead atoms. The summed E-state index contributed by atoms with van der Waals surface area (Å²) in [7, 11) is -0.548. The lowest BCUT2D eigenvalue weighted by molar-refractivity contribution is 0.0995. The van der Waals surface area contributed by atoms with Crippen LogP contribution in [0.25, 0.3) is 22.2 Å². The van der Waals surface area contributed by atoms with Crippen molar-refractivity contribution in [3.8, 4) is 11.3 Å². The second-order valence-corrected chi connectivity index (χ2v) is 8.80. The van der Waals surface area contributed by atoms with Crippen LogP contribution in [0.15, 0.2) is 71.8 Å². The standard InChI is InChI=1S/C24H23N5O2S/c1-3-29-20(15-7-9-19(10-8-15)32(2)26)14-16-11-12-27-21(22(16)29)24(31)28-18-6-4-5-17(13-18)23(25)30/h4-14,26H,3H2,1-2H3,(H2,25,30)(H,28,31). The van der Waals surface area contributed by atoms with Crippen LogP contribution < -0.4 is 11.1 Å². The zero-order chi connectivity index (χ0) is 22.8. The summed E-state index contributed by atoms with van der Waals surface area (Å²) in [5, 5.41) is 3.73. The van der Waals surface area contributed by atoms with E-state index >= 15 is 0 Å². The van der Waals surface area contributed by atoms with Gasteiger partial charge in [-0.15, -0.1) is 0 Å². The number of hydrogen-bond acceptors (Lipinski definition) is 4. The number of aryl methyl sites for hydroxylation is 1. The molecule has 0 saturated heterocycles. The quantitative estimate of drug-likeness (QED) is 0.407. The summed E-state index contributed by atoms with van der Waals surface area (Å²) < 4.78 is 9.98. The van der Waals surface area contributed by atoms with E-state index in [1.54, 1.807) is 30.5 Å². The highest BCUT2D eigenvalue weighted by atomic mass is 32.2. The Hall–Kier alpha value is -3.78. The lowest BCUT2D eigenvalue weighted by atomic mass is 10.1. The molecule has 0 saturated carbocycles. The van der Waals surface area contributed by atoms with Gasteiger partial charge in [0.1, 0.15) is 0 Å². The minimum Gasteiger partial charge on any atom is -0.366 e. The van der Waals surface area contributed by atoms with Crippen molar-refractivity contribution in [1.82, 2.24) is 9.55 Å². The van der Waals surface area contributed by atoms with E-state index in [1.807, 2.05) is 49.6 Å². The van der Waals surface area contributed by atoms with Gasteiger partial charge in [0.25, 0.3) is 5.91 Å². The highest BCUT2D eigenvalue weighted by molar-refractivity contribution is 7.85. The lowest BCUT2D eigenvalue weighted by Gasteiger charge is -2.12. The maximum atomic E-state index is 13.1. The van der Waals surface area contributed by atoms with Gasteiger partial charge in [0, 0.05) is 40.0 Å². The Bertz CT molecular complexity index is 1360. The Balaban J connectivity index is 1.76. The van der Waals surface area contributed by atoms with Crippen molar-refractivity contribution in [2.24, 2.45) is 5.73 Å². The molecule has 0 spiro atoms. The molecule has 162 valence electrons. The van der Waals surface area contributed by atoms with Crippen molar-refractivity contribution < 1.29 is 9.59 Å². The van der Waals surface area contributed by atoms with E-state index in [0.717, 1.165) is 27.1 Å². The van der Waals surface area contributed by atoms with E-state index in [1.165, 1.54) is 0 Å². The highest BCUT2D eigenvalue weighted by Gasteiger charge is 2.19. The van der Waals surface area contributed by atoms with Crippen molar-refractivity contribution in [1.29, 1.82) is 4.78 Å². The number of rotatable bonds is 6. The third-order valence-corrected chi connectivity index (χ3v) is 6.23. The summed E-state index contributed by atoms with van der Waals surface area (Å²) in [6.45, 7) is 2.68. The van der Waals surface area contributed by atoms with E-state index in [0.29, 0.717) is 23.5 Å². The zero-order valence-corrected chi connectivity index (χ0v) is 18.6. The average Bonchev–Trinajstić information content (AvgIpc) is 3.18. The Kier molecular flexibility index (Phi) is 5.87. The molecule has 4 rings (SSSR count). The number of nitrogens with zero attached hydrogens (tertiary/aromatic N) is 2. The maximum Gasteiger partial charge on any atom is 0.276 e. The van der Waals surface area contributed by atoms with Crippen LogP contribution in [-0.2, 0) is 17.2 Å². The topological polar surface area (TPSA) is 114 Å². The van der Waals surface area contributed by atoms with Gasteiger partial charge in [-0.2, -0.15) is 0 Å². The van der Waals surface area contributed by atoms with Gasteiger partial charge in [0.2, 0.25) is 5.91 Å². The monoisotopic (exact) mass is 445 g/mol. The Labute approximate surface area is 188 Å². The molecule has 0 fully saturated rings. The first-order valence-electron chi connectivity index (χ1n) is 10.1. The number of aromatic nitrogens is 2. The number of hydrogen-bond donors (Lipinski definition) is 3. The van der Waals surface area contributed by atoms with Gasteiger partial charge < -0.3 is 15.6 Å². The lowest BCUT2D eigenvalue weighted by Crippen LogP contribution is -2.16. The molecule has 7 nitrogen and oxygen atoms in total. The van der Waals surface area contributed by atoms with Gasteiger partial charge in [-0.25, -0.2) is 4.98 Å². The van der Waals surface area contributed by atoms with Crippen molar-refractivity contribution >= 4 is 39.1 Å². The molecular weight excluding hydrogens is 422 g/mol. The summed E-state index contributed by atoms with van der Waals surface area (Å²) in [4.78, 5) is 29.9. The minimum atomic E-state index is -0.558. The van der Waals surface area contributed by atoms with Crippen molar-refractivity contribution in [3.63, 3.8) is 0 Å². The predicted octanol–water partition coefficient (Wildman–Crippen LogP) is 4.44. The molecule has 2 aromatic heterocycles. The number of carbonyl (C=O) groups excluding carboxylic acids is 2. The number of carbonyl (C=O) groups is 2. The number of benzene rings is 2. The molecule has 2 amide bonds. The molecular formula is C24H23N5O2S. The Morgan fingerprint density at radius 1 is 1.12 bits per heavy atom. The van der Waals surface area contributed by atoms with Crippen LogP contribution in [-0.4, -0.2) is 27.6 Å². The molecule has 0 aliphatic heterocycles. The molecule has 0 aliphatic rings. The fraction of sp³-hybridized carbons (Fsp3) is 0.125. The van der Waals surface area contributed by atoms with Gasteiger partial charge in [-0.05, 0) is 61.2 Å². The molecule has 0 aliphatic carbocycles. The Morgan fingerprint density at radius 3 is 2.53 bits per heavy atom. The number of nitrogens with one attached hydrogen (secondary N) is 2. The van der Waals surface area contributed by atoms with Gasteiger partial charge in [0.05, 0.1) is 5.52 Å². The molecule has 4 aromatic rings. The second kappa shape index (κ2) is 8.76. The third kappa shape index (κ3) is 4.04. The van der Waals surface area contributed by atoms with E-state index in [2.05, 4.69) is 14.9 Å². The van der Waals surface area contributed by atoms with Gasteiger partial charge in [-0.3, -0.25) is 14.4 Å². The predicted molar refractivity (Wildman–Crippen MR) is 128 cm³/mol. The van der Waals surface area contributed by atoms with E-state index in [-0.39, 0.29) is 5.91 Å². The zero-order valence-electron chi connectivity index (χ0n) is 17.8. The second-order valence-electron chi connectivity index (χ2n) is 7.31. The largest absolute Gasteiger partial charge is 0.366 e. The van der Waals surface area contributed by atoms with Crippen LogP contribution in [0.5, 0.6) is 0 Å². The third-order valence-electron chi connectivity index (χ3n) is 5.25. The molecule has 0 radical (unpaired) electrons. The smallest absolute Gasteiger partial charge is 0.276 e. The number of primary amides is 1. The average molecular weight is 446 g/mol. The first-order valence-corrected chi connectivity index (χ1v) is 11.7. The van der Waals surface area contributed by atoms with Crippen molar-refractivity contribution in [2.75, 3.05) is 11.6 Å². The number of nitrogens with two attached hydrogens (primary N) is 1. The molecule has 32 heavy (non-hydrogen) atoms. The fourth-order valence-corrected chi connectivity index (χ4v) is 4.26. The van der Waals surface area contributed by atoms with E-state index < -0.39 is 16.6 Å². The number of anilines is 1. The summed E-state index contributed by atoms with van der Waals surface area (Å²) in [5.41, 5.74) is 9.17. The minimum absolute atomic E-state index is 0.304. The van der Waals surface area contributed by atoms with Crippen LogP contribution in [0.1, 0.15) is 27.8 Å². The Morgan fingerprint density at radius 2 is 1.88 bits per heavy atom. The first kappa shape index (κ1) is 21.5. The van der Waals surface area contributed by atoms with Crippen molar-refractivity contribution in [3.05, 3.63) is 78.1 Å².